The van der Waals surface area contributed by atoms with E-state index in [4.69, 9.17) is 4.98 Å². The van der Waals surface area contributed by atoms with Crippen LogP contribution in [0.5, 0.6) is 0 Å². The molecule has 4 nitrogen and oxygen atoms in total. The standard InChI is InChI=1S/C19H27N3O/c1-6-8-9-15-11-20-17(7-2)21-18(15)16-10-14(5)19(23)22(12-16)13(3)4/h10-13H,6-9H2,1-5H3. The van der Waals surface area contributed by atoms with Gasteiger partial charge in [0.2, 0.25) is 0 Å². The predicted octanol–water partition coefficient (Wildman–Crippen LogP) is 4.10. The zero-order chi connectivity index (χ0) is 17.0. The number of rotatable bonds is 6. The van der Waals surface area contributed by atoms with Crippen LogP contribution in [-0.4, -0.2) is 14.5 Å². The number of nitrogens with zero attached hydrogens (tertiary/aromatic N) is 3. The first kappa shape index (κ1) is 17.4. The Morgan fingerprint density at radius 1 is 1.26 bits per heavy atom. The van der Waals surface area contributed by atoms with E-state index in [9.17, 15) is 4.79 Å². The molecule has 0 bridgehead atoms. The van der Waals surface area contributed by atoms with Crippen molar-refractivity contribution in [3.63, 3.8) is 0 Å². The summed E-state index contributed by atoms with van der Waals surface area (Å²) in [4.78, 5) is 21.5. The van der Waals surface area contributed by atoms with Crippen molar-refractivity contribution in [3.8, 4) is 11.3 Å². The number of unbranched alkanes of at least 4 members (excludes halogenated alkanes) is 1. The maximum absolute atomic E-state index is 12.3. The Morgan fingerprint density at radius 3 is 2.61 bits per heavy atom. The summed E-state index contributed by atoms with van der Waals surface area (Å²) >= 11 is 0. The van der Waals surface area contributed by atoms with E-state index < -0.39 is 0 Å². The molecule has 0 aliphatic carbocycles. The fraction of sp³-hybridized carbons (Fsp3) is 0.526. The summed E-state index contributed by atoms with van der Waals surface area (Å²) in [5.41, 5.74) is 3.98. The number of aromatic nitrogens is 3. The highest BCUT2D eigenvalue weighted by atomic mass is 16.1. The molecule has 0 fully saturated rings. The van der Waals surface area contributed by atoms with Gasteiger partial charge in [0.25, 0.3) is 5.56 Å². The van der Waals surface area contributed by atoms with E-state index in [2.05, 4.69) is 18.8 Å². The Morgan fingerprint density at radius 2 is 2.00 bits per heavy atom. The maximum atomic E-state index is 12.3. The minimum atomic E-state index is 0.0728. The van der Waals surface area contributed by atoms with Crippen LogP contribution in [-0.2, 0) is 12.8 Å². The van der Waals surface area contributed by atoms with Crippen LogP contribution in [0.15, 0.2) is 23.3 Å². The molecule has 0 aliphatic rings. The summed E-state index contributed by atoms with van der Waals surface area (Å²) in [5.74, 6) is 0.847. The second-order valence-corrected chi connectivity index (χ2v) is 6.34. The van der Waals surface area contributed by atoms with Crippen molar-refractivity contribution in [2.24, 2.45) is 0 Å². The Kier molecular flexibility index (Phi) is 5.69. The first-order chi connectivity index (χ1) is 11.0. The van der Waals surface area contributed by atoms with E-state index in [1.165, 1.54) is 0 Å². The Hall–Kier alpha value is -1.97. The largest absolute Gasteiger partial charge is 0.312 e. The van der Waals surface area contributed by atoms with Gasteiger partial charge in [-0.05, 0) is 45.2 Å². The highest BCUT2D eigenvalue weighted by Crippen LogP contribution is 2.23. The molecule has 2 heterocycles. The van der Waals surface area contributed by atoms with E-state index in [1.54, 1.807) is 4.57 Å². The van der Waals surface area contributed by atoms with E-state index in [-0.39, 0.29) is 11.6 Å². The van der Waals surface area contributed by atoms with Crippen LogP contribution in [0.25, 0.3) is 11.3 Å². The van der Waals surface area contributed by atoms with Gasteiger partial charge in [-0.1, -0.05) is 20.3 Å². The van der Waals surface area contributed by atoms with Crippen LogP contribution in [0.4, 0.5) is 0 Å². The van der Waals surface area contributed by atoms with Crippen LogP contribution in [0.2, 0.25) is 0 Å². The second-order valence-electron chi connectivity index (χ2n) is 6.34. The lowest BCUT2D eigenvalue weighted by Crippen LogP contribution is -2.23. The van der Waals surface area contributed by atoms with Crippen molar-refractivity contribution >= 4 is 0 Å². The van der Waals surface area contributed by atoms with Gasteiger partial charge >= 0.3 is 0 Å². The fourth-order valence-electron chi connectivity index (χ4n) is 2.67. The summed E-state index contributed by atoms with van der Waals surface area (Å²) in [6.45, 7) is 10.2. The minimum Gasteiger partial charge on any atom is -0.312 e. The highest BCUT2D eigenvalue weighted by Gasteiger charge is 2.13. The molecule has 0 amide bonds. The molecule has 0 aromatic carbocycles. The molecule has 0 saturated carbocycles. The van der Waals surface area contributed by atoms with E-state index in [1.807, 2.05) is 39.2 Å². The van der Waals surface area contributed by atoms with Crippen molar-refractivity contribution in [2.75, 3.05) is 0 Å². The first-order valence-electron chi connectivity index (χ1n) is 8.55. The molecule has 2 aromatic heterocycles. The summed E-state index contributed by atoms with van der Waals surface area (Å²) < 4.78 is 1.79. The van der Waals surface area contributed by atoms with E-state index in [0.717, 1.165) is 53.9 Å². The fourth-order valence-corrected chi connectivity index (χ4v) is 2.67. The zero-order valence-corrected chi connectivity index (χ0v) is 14.9. The monoisotopic (exact) mass is 313 g/mol. The van der Waals surface area contributed by atoms with Crippen LogP contribution in [0, 0.1) is 6.92 Å². The van der Waals surface area contributed by atoms with Crippen molar-refractivity contribution in [3.05, 3.63) is 45.8 Å². The topological polar surface area (TPSA) is 47.8 Å². The Bertz CT molecular complexity index is 732. The van der Waals surface area contributed by atoms with Gasteiger partial charge in [0.1, 0.15) is 5.82 Å². The second kappa shape index (κ2) is 7.53. The van der Waals surface area contributed by atoms with Crippen molar-refractivity contribution < 1.29 is 0 Å². The van der Waals surface area contributed by atoms with Gasteiger partial charge in [-0.25, -0.2) is 9.97 Å². The molecule has 0 spiro atoms. The maximum Gasteiger partial charge on any atom is 0.253 e. The van der Waals surface area contributed by atoms with Gasteiger partial charge in [-0.3, -0.25) is 4.79 Å². The van der Waals surface area contributed by atoms with E-state index in [0.29, 0.717) is 0 Å². The van der Waals surface area contributed by atoms with Crippen LogP contribution in [0.1, 0.15) is 63.5 Å². The molecule has 0 unspecified atom stereocenters. The Balaban J connectivity index is 2.62. The molecule has 0 radical (unpaired) electrons. The lowest BCUT2D eigenvalue weighted by Gasteiger charge is -2.15. The SMILES string of the molecule is CCCCc1cnc(CC)nc1-c1cc(C)c(=O)n(C(C)C)c1. The molecule has 2 rings (SSSR count). The van der Waals surface area contributed by atoms with Gasteiger partial charge < -0.3 is 4.57 Å². The van der Waals surface area contributed by atoms with Crippen molar-refractivity contribution in [1.29, 1.82) is 0 Å². The lowest BCUT2D eigenvalue weighted by atomic mass is 10.0. The summed E-state index contributed by atoms with van der Waals surface area (Å²) in [6.07, 6.45) is 7.93. The van der Waals surface area contributed by atoms with Gasteiger partial charge in [-0.2, -0.15) is 0 Å². The summed E-state index contributed by atoms with van der Waals surface area (Å²) in [6, 6.07) is 2.09. The normalized spacial score (nSPS) is 11.2. The minimum absolute atomic E-state index is 0.0728. The molecular weight excluding hydrogens is 286 g/mol. The smallest absolute Gasteiger partial charge is 0.253 e. The average molecular weight is 313 g/mol. The Labute approximate surface area is 138 Å². The lowest BCUT2D eigenvalue weighted by molar-refractivity contribution is 0.576. The van der Waals surface area contributed by atoms with Crippen LogP contribution < -0.4 is 5.56 Å². The van der Waals surface area contributed by atoms with E-state index >= 15 is 0 Å². The van der Waals surface area contributed by atoms with Gasteiger partial charge in [0, 0.05) is 36.0 Å². The number of aryl methyl sites for hydroxylation is 3. The molecule has 0 atom stereocenters. The van der Waals surface area contributed by atoms with Gasteiger partial charge in [0.15, 0.2) is 0 Å². The third-order valence-electron chi connectivity index (χ3n) is 4.08. The highest BCUT2D eigenvalue weighted by molar-refractivity contribution is 5.62. The van der Waals surface area contributed by atoms with Crippen molar-refractivity contribution in [2.45, 2.75) is 66.3 Å². The molecule has 0 N–H and O–H groups in total. The zero-order valence-electron chi connectivity index (χ0n) is 14.9. The number of pyridine rings is 1. The van der Waals surface area contributed by atoms with Crippen LogP contribution in [0.3, 0.4) is 0 Å². The van der Waals surface area contributed by atoms with Crippen molar-refractivity contribution in [1.82, 2.24) is 14.5 Å². The molecule has 23 heavy (non-hydrogen) atoms. The first-order valence-corrected chi connectivity index (χ1v) is 8.55. The molecule has 4 heteroatoms. The van der Waals surface area contributed by atoms with Gasteiger partial charge in [0.05, 0.1) is 5.69 Å². The number of hydrogen-bond donors (Lipinski definition) is 0. The summed E-state index contributed by atoms with van der Waals surface area (Å²) in [7, 11) is 0. The third kappa shape index (κ3) is 3.87. The molecule has 0 aliphatic heterocycles. The molecule has 0 saturated heterocycles. The van der Waals surface area contributed by atoms with Crippen LogP contribution >= 0.6 is 0 Å². The molecule has 2 aromatic rings. The predicted molar refractivity (Wildman–Crippen MR) is 94.8 cm³/mol. The molecular formula is C19H27N3O. The number of hydrogen-bond acceptors (Lipinski definition) is 3. The molecule has 124 valence electrons. The third-order valence-corrected chi connectivity index (χ3v) is 4.08. The summed E-state index contributed by atoms with van der Waals surface area (Å²) in [5, 5.41) is 0. The average Bonchev–Trinajstić information content (AvgIpc) is 2.54. The van der Waals surface area contributed by atoms with Gasteiger partial charge in [-0.15, -0.1) is 0 Å². The quantitative estimate of drug-likeness (QED) is 0.806.